The number of nitrogens with zero attached hydrogens (tertiary/aromatic N) is 3. The van der Waals surface area contributed by atoms with E-state index in [1.54, 1.807) is 0 Å². The van der Waals surface area contributed by atoms with Crippen molar-refractivity contribution in [2.24, 2.45) is 0 Å². The molecule has 5 aromatic carbocycles. The van der Waals surface area contributed by atoms with Gasteiger partial charge in [-0.05, 0) is 83.0 Å². The molecule has 3 heterocycles. The van der Waals surface area contributed by atoms with E-state index in [2.05, 4.69) is 152 Å². The maximum Gasteiger partial charge on any atom is 0.164 e. The number of allylic oxidation sites excluding steroid dienone is 10. The summed E-state index contributed by atoms with van der Waals surface area (Å²) in [5.74, 6) is 3.28. The Morgan fingerprint density at radius 2 is 1.44 bits per heavy atom. The van der Waals surface area contributed by atoms with Gasteiger partial charge in [-0.15, -0.1) is 11.3 Å². The van der Waals surface area contributed by atoms with Crippen LogP contribution in [-0.2, 0) is 0 Å². The Morgan fingerprint density at radius 3 is 2.39 bits per heavy atom. The molecule has 1 aliphatic heterocycles. The predicted octanol–water partition coefficient (Wildman–Crippen LogP) is 12.7. The zero-order chi connectivity index (χ0) is 35.6. The molecule has 4 aliphatic rings. The van der Waals surface area contributed by atoms with E-state index in [1.807, 2.05) is 11.3 Å². The number of rotatable bonds is 5. The van der Waals surface area contributed by atoms with E-state index < -0.39 is 0 Å². The first kappa shape index (κ1) is 31.4. The monoisotopic (exact) mass is 713 g/mol. The summed E-state index contributed by atoms with van der Waals surface area (Å²) in [6.07, 6.45) is 23.4. The summed E-state index contributed by atoms with van der Waals surface area (Å²) in [6.45, 7) is 0. The van der Waals surface area contributed by atoms with Gasteiger partial charge in [-0.25, -0.2) is 15.0 Å². The highest BCUT2D eigenvalue weighted by atomic mass is 32.1. The SMILES string of the molecule is C1=CCCC(c2nc(C3=C(c4ccc(-c5ccc6ccccc6c5)c5c4C4C=CC=CC4O5)CCC=C3)nc(-c3cccc4sc5ccccc5c34)n2)=C1. The van der Waals surface area contributed by atoms with Crippen molar-refractivity contribution in [2.75, 3.05) is 0 Å². The highest BCUT2D eigenvalue weighted by Gasteiger charge is 2.37. The fourth-order valence-electron chi connectivity index (χ4n) is 8.66. The Bertz CT molecular complexity index is 2880. The van der Waals surface area contributed by atoms with Gasteiger partial charge in [0.25, 0.3) is 0 Å². The van der Waals surface area contributed by atoms with E-state index in [4.69, 9.17) is 19.7 Å². The molecule has 0 radical (unpaired) electrons. The van der Waals surface area contributed by atoms with Crippen molar-refractivity contribution in [2.45, 2.75) is 37.7 Å². The van der Waals surface area contributed by atoms with Gasteiger partial charge >= 0.3 is 0 Å². The quantitative estimate of drug-likeness (QED) is 0.178. The molecule has 0 saturated heterocycles. The Labute approximate surface area is 317 Å². The average molecular weight is 714 g/mol. The van der Waals surface area contributed by atoms with Crippen LogP contribution in [0.4, 0.5) is 0 Å². The smallest absolute Gasteiger partial charge is 0.164 e. The fourth-order valence-corrected chi connectivity index (χ4v) is 9.80. The Morgan fingerprint density at radius 1 is 0.630 bits per heavy atom. The maximum atomic E-state index is 6.89. The maximum absolute atomic E-state index is 6.89. The van der Waals surface area contributed by atoms with Crippen LogP contribution >= 0.6 is 11.3 Å². The molecule has 2 aromatic heterocycles. The van der Waals surface area contributed by atoms with E-state index >= 15 is 0 Å². The highest BCUT2D eigenvalue weighted by Crippen LogP contribution is 2.52. The standard InChI is InChI=1S/C49H35N3OS/c1-2-14-31(15-3-1)47-50-48(52-49(51-47)40-21-12-24-43-44(40)39-20-9-11-23-42(39)54-43)37-18-7-6-17-35(37)36-28-27-34(33-26-25-30-13-4-5-16-32(30)29-33)46-45(36)38-19-8-10-22-41(38)53-46/h1-2,4-5,7-14,16,18-29,38,41H,3,6,15,17H2. The van der Waals surface area contributed by atoms with Crippen molar-refractivity contribution in [3.63, 3.8) is 0 Å². The van der Waals surface area contributed by atoms with Crippen LogP contribution in [0.2, 0.25) is 0 Å². The summed E-state index contributed by atoms with van der Waals surface area (Å²) in [5.41, 5.74) is 9.25. The van der Waals surface area contributed by atoms with Crippen LogP contribution in [-0.4, -0.2) is 21.1 Å². The molecule has 0 N–H and O–H groups in total. The van der Waals surface area contributed by atoms with Crippen LogP contribution in [0.15, 0.2) is 152 Å². The Balaban J connectivity index is 1.13. The molecule has 0 spiro atoms. The van der Waals surface area contributed by atoms with Gasteiger partial charge in [0, 0.05) is 48.4 Å². The van der Waals surface area contributed by atoms with Crippen molar-refractivity contribution < 1.29 is 4.74 Å². The summed E-state index contributed by atoms with van der Waals surface area (Å²) in [7, 11) is 0. The van der Waals surface area contributed by atoms with Crippen LogP contribution < -0.4 is 4.74 Å². The molecule has 2 atom stereocenters. The van der Waals surface area contributed by atoms with Crippen molar-refractivity contribution in [1.82, 2.24) is 15.0 Å². The molecule has 0 amide bonds. The van der Waals surface area contributed by atoms with Gasteiger partial charge in [0.05, 0.1) is 0 Å². The van der Waals surface area contributed by atoms with Crippen LogP contribution in [0.3, 0.4) is 0 Å². The first-order chi connectivity index (χ1) is 26.8. The summed E-state index contributed by atoms with van der Waals surface area (Å²) >= 11 is 1.82. The molecule has 2 unspecified atom stereocenters. The van der Waals surface area contributed by atoms with Crippen LogP contribution in [0, 0.1) is 0 Å². The third-order valence-corrected chi connectivity index (χ3v) is 12.4. The van der Waals surface area contributed by atoms with E-state index in [-0.39, 0.29) is 12.0 Å². The second kappa shape index (κ2) is 12.8. The molecule has 0 fully saturated rings. The molecule has 258 valence electrons. The number of benzene rings is 5. The largest absolute Gasteiger partial charge is 0.484 e. The lowest BCUT2D eigenvalue weighted by Crippen LogP contribution is -2.16. The summed E-state index contributed by atoms with van der Waals surface area (Å²) in [4.78, 5) is 15.9. The molecule has 3 aliphatic carbocycles. The molecule has 54 heavy (non-hydrogen) atoms. The number of aromatic nitrogens is 3. The van der Waals surface area contributed by atoms with E-state index in [0.717, 1.165) is 70.9 Å². The fraction of sp³-hybridized carbons (Fsp3) is 0.122. The molecule has 5 heteroatoms. The zero-order valence-corrected chi connectivity index (χ0v) is 30.4. The van der Waals surface area contributed by atoms with Crippen LogP contribution in [0.5, 0.6) is 5.75 Å². The first-order valence-electron chi connectivity index (χ1n) is 18.9. The zero-order valence-electron chi connectivity index (χ0n) is 29.6. The molecular formula is C49H35N3OS. The number of ether oxygens (including phenoxy) is 1. The highest BCUT2D eigenvalue weighted by molar-refractivity contribution is 7.25. The van der Waals surface area contributed by atoms with Crippen molar-refractivity contribution in [3.8, 4) is 28.3 Å². The van der Waals surface area contributed by atoms with Gasteiger partial charge in [0.2, 0.25) is 0 Å². The molecule has 0 bridgehead atoms. The van der Waals surface area contributed by atoms with Gasteiger partial charge in [-0.1, -0.05) is 127 Å². The van der Waals surface area contributed by atoms with Crippen molar-refractivity contribution in [3.05, 3.63) is 175 Å². The number of thiophene rings is 1. The molecule has 7 aromatic rings. The second-order valence-electron chi connectivity index (χ2n) is 14.4. The minimum absolute atomic E-state index is 0.0452. The average Bonchev–Trinajstić information content (AvgIpc) is 3.83. The summed E-state index contributed by atoms with van der Waals surface area (Å²) in [5, 5.41) is 4.90. The lowest BCUT2D eigenvalue weighted by molar-refractivity contribution is 0.270. The lowest BCUT2D eigenvalue weighted by Gasteiger charge is -2.22. The van der Waals surface area contributed by atoms with E-state index in [1.165, 1.54) is 47.6 Å². The summed E-state index contributed by atoms with van der Waals surface area (Å²) in [6, 6.07) is 35.0. The number of hydrogen-bond acceptors (Lipinski definition) is 5. The Hall–Kier alpha value is -6.17. The Kier molecular flexibility index (Phi) is 7.41. The van der Waals surface area contributed by atoms with Gasteiger partial charge in [0.15, 0.2) is 17.5 Å². The number of fused-ring (bicyclic) bond motifs is 7. The number of hydrogen-bond donors (Lipinski definition) is 0. The predicted molar refractivity (Wildman–Crippen MR) is 225 cm³/mol. The van der Waals surface area contributed by atoms with E-state index in [9.17, 15) is 0 Å². The topological polar surface area (TPSA) is 47.9 Å². The van der Waals surface area contributed by atoms with Gasteiger partial charge in [0.1, 0.15) is 11.9 Å². The van der Waals surface area contributed by atoms with E-state index in [0.29, 0.717) is 5.82 Å². The third kappa shape index (κ3) is 5.14. The molecule has 0 saturated carbocycles. The van der Waals surface area contributed by atoms with Crippen molar-refractivity contribution in [1.29, 1.82) is 0 Å². The summed E-state index contributed by atoms with van der Waals surface area (Å²) < 4.78 is 9.40. The van der Waals surface area contributed by atoms with Gasteiger partial charge in [-0.3, -0.25) is 0 Å². The first-order valence-corrected chi connectivity index (χ1v) is 19.7. The molecule has 11 rings (SSSR count). The van der Waals surface area contributed by atoms with Crippen molar-refractivity contribution >= 4 is 59.0 Å². The van der Waals surface area contributed by atoms with Crippen LogP contribution in [0.1, 0.15) is 54.4 Å². The van der Waals surface area contributed by atoms with Crippen LogP contribution in [0.25, 0.3) is 70.2 Å². The minimum Gasteiger partial charge on any atom is -0.484 e. The molecular weight excluding hydrogens is 679 g/mol. The normalized spacial score (nSPS) is 18.7. The minimum atomic E-state index is -0.0452. The second-order valence-corrected chi connectivity index (χ2v) is 15.5. The van der Waals surface area contributed by atoms with Gasteiger partial charge in [-0.2, -0.15) is 0 Å². The van der Waals surface area contributed by atoms with Gasteiger partial charge < -0.3 is 4.74 Å². The lowest BCUT2D eigenvalue weighted by atomic mass is 9.81. The molecule has 4 nitrogen and oxygen atoms in total. The third-order valence-electron chi connectivity index (χ3n) is 11.2.